The Morgan fingerprint density at radius 3 is 2.60 bits per heavy atom. The first-order valence-corrected chi connectivity index (χ1v) is 8.09. The Balaban J connectivity index is 1.64. The third-order valence-electron chi connectivity index (χ3n) is 6.39. The number of carbonyl (C=O) groups is 2. The van der Waals surface area contributed by atoms with Crippen LogP contribution in [0.1, 0.15) is 44.9 Å². The Morgan fingerprint density at radius 1 is 0.950 bits per heavy atom. The predicted molar refractivity (Wildman–Crippen MR) is 73.9 cm³/mol. The van der Waals surface area contributed by atoms with E-state index < -0.39 is 6.10 Å². The smallest absolute Gasteiger partial charge is 0.158 e. The fraction of sp³-hybridized carbons (Fsp3) is 0.765. The number of Topliss-reactive ketones (excluding diaryl/α,β-unsaturated/α-hetero) is 1. The first-order valence-electron chi connectivity index (χ1n) is 8.09. The van der Waals surface area contributed by atoms with Crippen molar-refractivity contribution in [3.8, 4) is 0 Å². The second-order valence-electron chi connectivity index (χ2n) is 7.20. The van der Waals surface area contributed by atoms with Crippen molar-refractivity contribution >= 4 is 11.6 Å². The average Bonchev–Trinajstić information content (AvgIpc) is 2.79. The van der Waals surface area contributed by atoms with Crippen LogP contribution in [0.3, 0.4) is 0 Å². The molecule has 0 aromatic rings. The fourth-order valence-electron chi connectivity index (χ4n) is 5.67. The molecule has 0 saturated heterocycles. The minimum absolute atomic E-state index is 0.0898. The Labute approximate surface area is 119 Å². The summed E-state index contributed by atoms with van der Waals surface area (Å²) in [5, 5.41) is 10.4. The zero-order valence-electron chi connectivity index (χ0n) is 11.8. The van der Waals surface area contributed by atoms with E-state index in [2.05, 4.69) is 0 Å². The van der Waals surface area contributed by atoms with E-state index in [-0.39, 0.29) is 11.7 Å². The summed E-state index contributed by atoms with van der Waals surface area (Å²) in [6, 6.07) is 0. The first kappa shape index (κ1) is 12.8. The minimum atomic E-state index is -0.482. The van der Waals surface area contributed by atoms with Gasteiger partial charge in [-0.05, 0) is 55.9 Å². The van der Waals surface area contributed by atoms with E-state index >= 15 is 0 Å². The van der Waals surface area contributed by atoms with Crippen molar-refractivity contribution in [3.63, 3.8) is 0 Å². The quantitative estimate of drug-likeness (QED) is 0.737. The maximum Gasteiger partial charge on any atom is 0.158 e. The third-order valence-corrected chi connectivity index (χ3v) is 6.39. The molecule has 3 heteroatoms. The van der Waals surface area contributed by atoms with E-state index in [0.29, 0.717) is 35.9 Å². The minimum Gasteiger partial charge on any atom is -0.392 e. The number of ketones is 2. The van der Waals surface area contributed by atoms with Crippen LogP contribution in [0, 0.1) is 29.6 Å². The highest BCUT2D eigenvalue weighted by molar-refractivity contribution is 5.92. The molecule has 0 aliphatic heterocycles. The van der Waals surface area contributed by atoms with Gasteiger partial charge in [-0.3, -0.25) is 9.59 Å². The zero-order valence-corrected chi connectivity index (χ0v) is 11.8. The second kappa shape index (κ2) is 4.52. The normalized spacial score (nSPS) is 47.4. The molecule has 0 radical (unpaired) electrons. The molecule has 0 heterocycles. The summed E-state index contributed by atoms with van der Waals surface area (Å²) in [6.45, 7) is 0. The molecule has 4 rings (SSSR count). The number of aliphatic hydroxyl groups excluding tert-OH is 1. The lowest BCUT2D eigenvalue weighted by Gasteiger charge is -2.49. The van der Waals surface area contributed by atoms with Crippen LogP contribution in [-0.4, -0.2) is 22.8 Å². The molecule has 3 saturated carbocycles. The number of hydrogen-bond acceptors (Lipinski definition) is 3. The third kappa shape index (κ3) is 1.75. The average molecular weight is 274 g/mol. The van der Waals surface area contributed by atoms with E-state index in [1.807, 2.05) is 0 Å². The summed E-state index contributed by atoms with van der Waals surface area (Å²) in [4.78, 5) is 23.6. The van der Waals surface area contributed by atoms with Gasteiger partial charge in [0.05, 0.1) is 6.10 Å². The standard InChI is InChI=1S/C17H22O3/c18-10-7-9-1-2-12-11-5-6-15(19)13(11)3-4-14(12)17(9)16(20)8-10/h7,11-14,16-17,20H,1-6,8H2/t11-,12-,13-,14-,16-,17-/m0/s1. The Bertz CT molecular complexity index is 492. The van der Waals surface area contributed by atoms with E-state index in [4.69, 9.17) is 0 Å². The van der Waals surface area contributed by atoms with E-state index in [1.54, 1.807) is 6.08 Å². The van der Waals surface area contributed by atoms with Crippen molar-refractivity contribution in [1.29, 1.82) is 0 Å². The van der Waals surface area contributed by atoms with Gasteiger partial charge in [0.1, 0.15) is 5.78 Å². The van der Waals surface area contributed by atoms with Crippen LogP contribution < -0.4 is 0 Å². The van der Waals surface area contributed by atoms with Crippen molar-refractivity contribution in [3.05, 3.63) is 11.6 Å². The highest BCUT2D eigenvalue weighted by atomic mass is 16.3. The molecule has 4 aliphatic rings. The van der Waals surface area contributed by atoms with Crippen molar-refractivity contribution < 1.29 is 14.7 Å². The monoisotopic (exact) mass is 274 g/mol. The van der Waals surface area contributed by atoms with Crippen LogP contribution in [0.25, 0.3) is 0 Å². The van der Waals surface area contributed by atoms with Crippen LogP contribution in [0.2, 0.25) is 0 Å². The molecule has 108 valence electrons. The first-order chi connectivity index (χ1) is 9.65. The molecule has 0 amide bonds. The number of hydrogen-bond donors (Lipinski definition) is 1. The lowest BCUT2D eigenvalue weighted by atomic mass is 9.55. The largest absolute Gasteiger partial charge is 0.392 e. The van der Waals surface area contributed by atoms with Crippen molar-refractivity contribution in [2.75, 3.05) is 0 Å². The van der Waals surface area contributed by atoms with Crippen molar-refractivity contribution in [1.82, 2.24) is 0 Å². The van der Waals surface area contributed by atoms with Crippen LogP contribution in [0.5, 0.6) is 0 Å². The molecule has 0 bridgehead atoms. The van der Waals surface area contributed by atoms with Crippen LogP contribution in [0.15, 0.2) is 11.6 Å². The molecule has 20 heavy (non-hydrogen) atoms. The molecule has 0 aromatic carbocycles. The van der Waals surface area contributed by atoms with Gasteiger partial charge in [-0.1, -0.05) is 5.57 Å². The molecule has 0 aromatic heterocycles. The number of fused-ring (bicyclic) bond motifs is 5. The summed E-state index contributed by atoms with van der Waals surface area (Å²) < 4.78 is 0. The maximum atomic E-state index is 12.0. The van der Waals surface area contributed by atoms with Gasteiger partial charge in [0.2, 0.25) is 0 Å². The molecule has 3 fully saturated rings. The highest BCUT2D eigenvalue weighted by Gasteiger charge is 2.51. The maximum absolute atomic E-state index is 12.0. The molecule has 6 atom stereocenters. The van der Waals surface area contributed by atoms with Gasteiger partial charge >= 0.3 is 0 Å². The molecule has 0 spiro atoms. The lowest BCUT2D eigenvalue weighted by Crippen LogP contribution is -2.46. The predicted octanol–water partition coefficient (Wildman–Crippen LogP) is 2.28. The van der Waals surface area contributed by atoms with Crippen LogP contribution >= 0.6 is 0 Å². The Hall–Kier alpha value is -0.960. The van der Waals surface area contributed by atoms with Gasteiger partial charge in [0.25, 0.3) is 0 Å². The van der Waals surface area contributed by atoms with Gasteiger partial charge in [-0.15, -0.1) is 0 Å². The summed E-state index contributed by atoms with van der Waals surface area (Å²) in [7, 11) is 0. The van der Waals surface area contributed by atoms with Crippen molar-refractivity contribution in [2.24, 2.45) is 29.6 Å². The Morgan fingerprint density at radius 2 is 1.75 bits per heavy atom. The van der Waals surface area contributed by atoms with E-state index in [0.717, 1.165) is 38.5 Å². The second-order valence-corrected chi connectivity index (χ2v) is 7.20. The molecule has 3 nitrogen and oxygen atoms in total. The topological polar surface area (TPSA) is 54.4 Å². The lowest BCUT2D eigenvalue weighted by molar-refractivity contribution is -0.124. The van der Waals surface area contributed by atoms with Gasteiger partial charge in [-0.25, -0.2) is 0 Å². The van der Waals surface area contributed by atoms with Crippen LogP contribution in [-0.2, 0) is 9.59 Å². The van der Waals surface area contributed by atoms with E-state index in [1.165, 1.54) is 5.57 Å². The number of rotatable bonds is 0. The fourth-order valence-corrected chi connectivity index (χ4v) is 5.67. The summed E-state index contributed by atoms with van der Waals surface area (Å²) in [5.41, 5.74) is 1.19. The molecule has 0 unspecified atom stereocenters. The molecule has 1 N–H and O–H groups in total. The number of carbonyl (C=O) groups excluding carboxylic acids is 2. The highest BCUT2D eigenvalue weighted by Crippen LogP contribution is 2.55. The molecule has 4 aliphatic carbocycles. The van der Waals surface area contributed by atoms with Gasteiger partial charge in [0.15, 0.2) is 5.78 Å². The zero-order chi connectivity index (χ0) is 13.9. The molecular formula is C17H22O3. The summed E-state index contributed by atoms with van der Waals surface area (Å²) >= 11 is 0. The Kier molecular flexibility index (Phi) is 2.88. The summed E-state index contributed by atoms with van der Waals surface area (Å²) in [6.07, 6.45) is 7.58. The van der Waals surface area contributed by atoms with Gasteiger partial charge in [0, 0.05) is 24.7 Å². The van der Waals surface area contributed by atoms with Gasteiger partial charge in [-0.2, -0.15) is 0 Å². The number of aliphatic hydroxyl groups is 1. The molecular weight excluding hydrogens is 252 g/mol. The van der Waals surface area contributed by atoms with Gasteiger partial charge < -0.3 is 5.11 Å². The SMILES string of the molecule is O=C1C=C2CC[C@@H]3[C@H](CC[C@@H]4C(=O)CC[C@@H]34)[C@H]2[C@@H](O)C1. The van der Waals surface area contributed by atoms with Crippen molar-refractivity contribution in [2.45, 2.75) is 51.0 Å². The summed E-state index contributed by atoms with van der Waals surface area (Å²) in [5.74, 6) is 2.75. The van der Waals surface area contributed by atoms with E-state index in [9.17, 15) is 14.7 Å². The van der Waals surface area contributed by atoms with Crippen LogP contribution in [0.4, 0.5) is 0 Å².